The van der Waals surface area contributed by atoms with Gasteiger partial charge in [-0.15, -0.1) is 0 Å². The molecule has 0 aliphatic heterocycles. The van der Waals surface area contributed by atoms with Gasteiger partial charge in [-0.2, -0.15) is 11.3 Å². The topological polar surface area (TPSA) is 17.1 Å². The molecule has 0 unspecified atom stereocenters. The van der Waals surface area contributed by atoms with Gasteiger partial charge in [-0.3, -0.25) is 4.79 Å². The predicted octanol–water partition coefficient (Wildman–Crippen LogP) is 4.58. The first-order valence-corrected chi connectivity index (χ1v) is 6.96. The summed E-state index contributed by atoms with van der Waals surface area (Å²) in [6.07, 6.45) is 7.84. The first-order chi connectivity index (χ1) is 7.27. The van der Waals surface area contributed by atoms with Gasteiger partial charge in [0, 0.05) is 20.8 Å². The number of carbonyl (C=O) groups excluding carboxylic acids is 1. The second-order valence-electron chi connectivity index (χ2n) is 3.86. The van der Waals surface area contributed by atoms with Gasteiger partial charge in [0.2, 0.25) is 0 Å². The summed E-state index contributed by atoms with van der Waals surface area (Å²) in [5.74, 6) is 0.153. The molecule has 1 aromatic heterocycles. The van der Waals surface area contributed by atoms with Crippen molar-refractivity contribution < 1.29 is 4.79 Å². The molecule has 80 valence electrons. The van der Waals surface area contributed by atoms with Gasteiger partial charge < -0.3 is 0 Å². The van der Waals surface area contributed by atoms with E-state index >= 15 is 0 Å². The standard InChI is InChI=1S/C12H13BrOS/c13-11-8-15-7-10(11)12(14)6-9-4-2-1-3-5-9/h6-8H,1-5H2. The van der Waals surface area contributed by atoms with Crippen LogP contribution in [0.15, 0.2) is 26.9 Å². The van der Waals surface area contributed by atoms with E-state index in [9.17, 15) is 4.79 Å². The summed E-state index contributed by atoms with van der Waals surface area (Å²) in [6.45, 7) is 0. The molecule has 1 aromatic rings. The van der Waals surface area contributed by atoms with E-state index in [0.29, 0.717) is 0 Å². The number of halogens is 1. The number of thiophene rings is 1. The van der Waals surface area contributed by atoms with Crippen molar-refractivity contribution in [2.45, 2.75) is 32.1 Å². The van der Waals surface area contributed by atoms with Crippen LogP contribution in [-0.2, 0) is 0 Å². The summed E-state index contributed by atoms with van der Waals surface area (Å²) >= 11 is 4.95. The van der Waals surface area contributed by atoms with Crippen LogP contribution >= 0.6 is 27.3 Å². The van der Waals surface area contributed by atoms with Gasteiger partial charge in [-0.1, -0.05) is 12.0 Å². The van der Waals surface area contributed by atoms with E-state index in [4.69, 9.17) is 0 Å². The summed E-state index contributed by atoms with van der Waals surface area (Å²) in [7, 11) is 0. The van der Waals surface area contributed by atoms with Crippen molar-refractivity contribution in [3.63, 3.8) is 0 Å². The minimum Gasteiger partial charge on any atom is -0.289 e. The molecule has 1 saturated carbocycles. The summed E-state index contributed by atoms with van der Waals surface area (Å²) in [5.41, 5.74) is 2.13. The van der Waals surface area contributed by atoms with Crippen LogP contribution in [0.25, 0.3) is 0 Å². The SMILES string of the molecule is O=C(C=C1CCCCC1)c1cscc1Br. The highest BCUT2D eigenvalue weighted by Gasteiger charge is 2.11. The molecule has 1 nitrogen and oxygen atoms in total. The van der Waals surface area contributed by atoms with Crippen LogP contribution in [0.5, 0.6) is 0 Å². The zero-order chi connectivity index (χ0) is 10.7. The van der Waals surface area contributed by atoms with Crippen molar-refractivity contribution in [1.82, 2.24) is 0 Å². The Bertz CT molecular complexity index is 384. The lowest BCUT2D eigenvalue weighted by Gasteiger charge is -2.12. The first kappa shape index (κ1) is 11.1. The smallest absolute Gasteiger partial charge is 0.187 e. The van der Waals surface area contributed by atoms with Gasteiger partial charge in [-0.05, 0) is 47.7 Å². The molecule has 1 aliphatic carbocycles. The second-order valence-corrected chi connectivity index (χ2v) is 5.46. The van der Waals surface area contributed by atoms with Crippen molar-refractivity contribution in [2.24, 2.45) is 0 Å². The number of hydrogen-bond donors (Lipinski definition) is 0. The van der Waals surface area contributed by atoms with E-state index in [1.54, 1.807) is 11.3 Å². The van der Waals surface area contributed by atoms with Gasteiger partial charge in [0.1, 0.15) is 0 Å². The maximum Gasteiger partial charge on any atom is 0.187 e. The minimum atomic E-state index is 0.153. The van der Waals surface area contributed by atoms with Crippen molar-refractivity contribution in [1.29, 1.82) is 0 Å². The lowest BCUT2D eigenvalue weighted by molar-refractivity contribution is 0.104. The van der Waals surface area contributed by atoms with Gasteiger partial charge in [0.05, 0.1) is 0 Å². The van der Waals surface area contributed by atoms with E-state index in [0.717, 1.165) is 22.9 Å². The number of ketones is 1. The Kier molecular flexibility index (Phi) is 3.76. The zero-order valence-corrected chi connectivity index (χ0v) is 10.9. The zero-order valence-electron chi connectivity index (χ0n) is 8.46. The third-order valence-electron chi connectivity index (χ3n) is 2.71. The first-order valence-electron chi connectivity index (χ1n) is 5.23. The van der Waals surface area contributed by atoms with E-state index in [1.165, 1.54) is 24.8 Å². The molecule has 0 radical (unpaired) electrons. The Morgan fingerprint density at radius 1 is 1.27 bits per heavy atom. The summed E-state index contributed by atoms with van der Waals surface area (Å²) in [6, 6.07) is 0. The number of allylic oxidation sites excluding steroid dienone is 2. The molecule has 0 amide bonds. The molecule has 2 rings (SSSR count). The van der Waals surface area contributed by atoms with Crippen molar-refractivity contribution in [3.8, 4) is 0 Å². The Hall–Kier alpha value is -0.410. The Morgan fingerprint density at radius 3 is 2.60 bits per heavy atom. The highest BCUT2D eigenvalue weighted by atomic mass is 79.9. The third kappa shape index (κ3) is 2.79. The van der Waals surface area contributed by atoms with Crippen LogP contribution in [-0.4, -0.2) is 5.78 Å². The molecule has 0 bridgehead atoms. The largest absolute Gasteiger partial charge is 0.289 e. The highest BCUT2D eigenvalue weighted by molar-refractivity contribution is 9.10. The fourth-order valence-corrected chi connectivity index (χ4v) is 3.35. The predicted molar refractivity (Wildman–Crippen MR) is 67.5 cm³/mol. The maximum atomic E-state index is 11.9. The average Bonchev–Trinajstić information content (AvgIpc) is 2.66. The molecule has 1 heterocycles. The van der Waals surface area contributed by atoms with Crippen LogP contribution < -0.4 is 0 Å². The molecule has 15 heavy (non-hydrogen) atoms. The van der Waals surface area contributed by atoms with Crippen LogP contribution in [0.3, 0.4) is 0 Å². The summed E-state index contributed by atoms with van der Waals surface area (Å²) in [5, 5.41) is 3.86. The van der Waals surface area contributed by atoms with Gasteiger partial charge in [-0.25, -0.2) is 0 Å². The van der Waals surface area contributed by atoms with Crippen LogP contribution in [0, 0.1) is 0 Å². The molecular weight excluding hydrogens is 272 g/mol. The quantitative estimate of drug-likeness (QED) is 0.574. The lowest BCUT2D eigenvalue weighted by atomic mass is 9.93. The molecule has 1 aliphatic rings. The van der Waals surface area contributed by atoms with Gasteiger partial charge >= 0.3 is 0 Å². The van der Waals surface area contributed by atoms with E-state index in [1.807, 2.05) is 16.8 Å². The van der Waals surface area contributed by atoms with Crippen LogP contribution in [0.2, 0.25) is 0 Å². The monoisotopic (exact) mass is 284 g/mol. The van der Waals surface area contributed by atoms with Crippen molar-refractivity contribution in [3.05, 3.63) is 32.4 Å². The fourth-order valence-electron chi connectivity index (χ4n) is 1.87. The lowest BCUT2D eigenvalue weighted by Crippen LogP contribution is -1.99. The normalized spacial score (nSPS) is 16.5. The summed E-state index contributed by atoms with van der Waals surface area (Å²) in [4.78, 5) is 11.9. The molecule has 3 heteroatoms. The van der Waals surface area contributed by atoms with Gasteiger partial charge in [0.25, 0.3) is 0 Å². The number of carbonyl (C=O) groups is 1. The number of hydrogen-bond acceptors (Lipinski definition) is 2. The molecule has 0 N–H and O–H groups in total. The molecule has 0 atom stereocenters. The average molecular weight is 285 g/mol. The van der Waals surface area contributed by atoms with Crippen molar-refractivity contribution >= 4 is 33.0 Å². The Balaban J connectivity index is 2.12. The van der Waals surface area contributed by atoms with Crippen LogP contribution in [0.1, 0.15) is 42.5 Å². The molecule has 0 spiro atoms. The highest BCUT2D eigenvalue weighted by Crippen LogP contribution is 2.26. The maximum absolute atomic E-state index is 11.9. The van der Waals surface area contributed by atoms with Gasteiger partial charge in [0.15, 0.2) is 5.78 Å². The molecule has 1 fully saturated rings. The molecule has 0 saturated heterocycles. The second kappa shape index (κ2) is 5.08. The minimum absolute atomic E-state index is 0.153. The summed E-state index contributed by atoms with van der Waals surface area (Å²) < 4.78 is 0.921. The number of rotatable bonds is 2. The molecular formula is C12H13BrOS. The Labute approximate surface area is 102 Å². The fraction of sp³-hybridized carbons (Fsp3) is 0.417. The molecule has 0 aromatic carbocycles. The van der Waals surface area contributed by atoms with Crippen LogP contribution in [0.4, 0.5) is 0 Å². The van der Waals surface area contributed by atoms with Crippen molar-refractivity contribution in [2.75, 3.05) is 0 Å². The van der Waals surface area contributed by atoms with E-state index in [-0.39, 0.29) is 5.78 Å². The Morgan fingerprint density at radius 2 is 2.00 bits per heavy atom. The van der Waals surface area contributed by atoms with E-state index in [2.05, 4.69) is 15.9 Å². The third-order valence-corrected chi connectivity index (χ3v) is 4.41. The van der Waals surface area contributed by atoms with E-state index < -0.39 is 0 Å².